The third-order valence-electron chi connectivity index (χ3n) is 4.61. The molecule has 1 aliphatic heterocycles. The van der Waals surface area contributed by atoms with E-state index in [1.165, 1.54) is 5.56 Å². The number of nitrogens with one attached hydrogen (secondary N) is 1. The van der Waals surface area contributed by atoms with E-state index in [-0.39, 0.29) is 5.91 Å². The van der Waals surface area contributed by atoms with Gasteiger partial charge in [0.2, 0.25) is 5.91 Å². The second-order valence-corrected chi connectivity index (χ2v) is 6.00. The van der Waals surface area contributed by atoms with Crippen molar-refractivity contribution < 1.29 is 9.53 Å². The smallest absolute Gasteiger partial charge is 0.222 e. The van der Waals surface area contributed by atoms with Crippen LogP contribution in [0.3, 0.4) is 0 Å². The van der Waals surface area contributed by atoms with Crippen molar-refractivity contribution in [1.82, 2.24) is 15.1 Å². The van der Waals surface area contributed by atoms with Crippen molar-refractivity contribution in [2.75, 3.05) is 20.2 Å². The lowest BCUT2D eigenvalue weighted by atomic mass is 9.88. The Bertz CT molecular complexity index is 631. The second-order valence-electron chi connectivity index (χ2n) is 6.00. The van der Waals surface area contributed by atoms with E-state index in [1.54, 1.807) is 13.3 Å². The van der Waals surface area contributed by atoms with Crippen molar-refractivity contribution in [3.63, 3.8) is 0 Å². The van der Waals surface area contributed by atoms with Gasteiger partial charge in [-0.1, -0.05) is 18.2 Å². The van der Waals surface area contributed by atoms with E-state index in [0.717, 1.165) is 43.7 Å². The van der Waals surface area contributed by atoms with Crippen LogP contribution in [-0.2, 0) is 11.2 Å². The number of carbonyl (C=O) groups excluding carboxylic acids is 1. The van der Waals surface area contributed by atoms with Crippen molar-refractivity contribution in [2.45, 2.75) is 31.6 Å². The van der Waals surface area contributed by atoms with Crippen molar-refractivity contribution >= 4 is 5.91 Å². The lowest BCUT2D eigenvalue weighted by Gasteiger charge is -2.32. The van der Waals surface area contributed by atoms with Crippen molar-refractivity contribution in [2.24, 2.45) is 0 Å². The van der Waals surface area contributed by atoms with E-state index in [1.807, 2.05) is 23.2 Å². The normalized spacial score (nSPS) is 15.6. The minimum Gasteiger partial charge on any atom is -0.496 e. The number of ether oxygens (including phenoxy) is 1. The Labute approximate surface area is 136 Å². The van der Waals surface area contributed by atoms with Crippen LogP contribution in [0.5, 0.6) is 5.75 Å². The van der Waals surface area contributed by atoms with Crippen LogP contribution < -0.4 is 4.74 Å². The summed E-state index contributed by atoms with van der Waals surface area (Å²) >= 11 is 0. The van der Waals surface area contributed by atoms with E-state index < -0.39 is 0 Å². The molecule has 0 unspecified atom stereocenters. The lowest BCUT2D eigenvalue weighted by Crippen LogP contribution is -2.38. The van der Waals surface area contributed by atoms with E-state index in [2.05, 4.69) is 22.3 Å². The number of piperidine rings is 1. The summed E-state index contributed by atoms with van der Waals surface area (Å²) in [4.78, 5) is 14.3. The molecule has 122 valence electrons. The third-order valence-corrected chi connectivity index (χ3v) is 4.61. The molecule has 1 aromatic heterocycles. The molecule has 5 heteroatoms. The maximum absolute atomic E-state index is 12.3. The maximum Gasteiger partial charge on any atom is 0.222 e. The van der Waals surface area contributed by atoms with Crippen molar-refractivity contribution in [1.29, 1.82) is 0 Å². The zero-order chi connectivity index (χ0) is 16.1. The highest BCUT2D eigenvalue weighted by atomic mass is 16.5. The number of para-hydroxylation sites is 1. The Balaban J connectivity index is 1.52. The summed E-state index contributed by atoms with van der Waals surface area (Å²) < 4.78 is 5.46. The van der Waals surface area contributed by atoms with Gasteiger partial charge in [0.1, 0.15) is 5.75 Å². The predicted octanol–water partition coefficient (Wildman–Crippen LogP) is 2.76. The first-order valence-electron chi connectivity index (χ1n) is 8.16. The second kappa shape index (κ2) is 7.31. The topological polar surface area (TPSA) is 58.2 Å². The molecule has 0 spiro atoms. The number of rotatable bonds is 5. The fourth-order valence-corrected chi connectivity index (χ4v) is 3.27. The van der Waals surface area contributed by atoms with Gasteiger partial charge < -0.3 is 9.64 Å². The highest BCUT2D eigenvalue weighted by Gasteiger charge is 2.25. The first-order valence-corrected chi connectivity index (χ1v) is 8.16. The van der Waals surface area contributed by atoms with Crippen LogP contribution in [0, 0.1) is 0 Å². The van der Waals surface area contributed by atoms with Gasteiger partial charge >= 0.3 is 0 Å². The van der Waals surface area contributed by atoms with Crippen LogP contribution in [0.4, 0.5) is 0 Å². The molecular weight excluding hydrogens is 290 g/mol. The van der Waals surface area contributed by atoms with Crippen LogP contribution >= 0.6 is 0 Å². The quantitative estimate of drug-likeness (QED) is 0.923. The number of carbonyl (C=O) groups is 1. The molecule has 0 saturated carbocycles. The van der Waals surface area contributed by atoms with E-state index >= 15 is 0 Å². The van der Waals surface area contributed by atoms with Crippen molar-refractivity contribution in [3.05, 3.63) is 47.8 Å². The number of likely N-dealkylation sites (tertiary alicyclic amines) is 1. The molecule has 0 bridgehead atoms. The van der Waals surface area contributed by atoms with Gasteiger partial charge in [0, 0.05) is 25.7 Å². The summed E-state index contributed by atoms with van der Waals surface area (Å²) in [5.74, 6) is 1.67. The van der Waals surface area contributed by atoms with Gasteiger partial charge in [-0.05, 0) is 42.4 Å². The van der Waals surface area contributed by atoms with Gasteiger partial charge in [-0.2, -0.15) is 5.10 Å². The fourth-order valence-electron chi connectivity index (χ4n) is 3.27. The Morgan fingerprint density at radius 3 is 2.83 bits per heavy atom. The molecule has 1 aromatic carbocycles. The first kappa shape index (κ1) is 15.6. The monoisotopic (exact) mass is 313 g/mol. The summed E-state index contributed by atoms with van der Waals surface area (Å²) in [7, 11) is 1.72. The molecule has 1 fully saturated rings. The molecule has 2 heterocycles. The first-order chi connectivity index (χ1) is 11.3. The Hall–Kier alpha value is -2.30. The molecule has 23 heavy (non-hydrogen) atoms. The summed E-state index contributed by atoms with van der Waals surface area (Å²) in [6, 6.07) is 8.20. The molecule has 1 N–H and O–H groups in total. The number of aromatic nitrogens is 2. The molecule has 1 amide bonds. The largest absolute Gasteiger partial charge is 0.496 e. The van der Waals surface area contributed by atoms with Gasteiger partial charge in [0.15, 0.2) is 0 Å². The average Bonchev–Trinajstić information content (AvgIpc) is 3.13. The Morgan fingerprint density at radius 1 is 1.35 bits per heavy atom. The number of H-pyrrole nitrogens is 1. The van der Waals surface area contributed by atoms with Gasteiger partial charge in [0.05, 0.1) is 13.3 Å². The van der Waals surface area contributed by atoms with E-state index in [0.29, 0.717) is 12.3 Å². The minimum absolute atomic E-state index is 0.240. The number of hydrogen-bond donors (Lipinski definition) is 1. The number of nitrogens with zero attached hydrogens (tertiary/aromatic N) is 2. The number of hydrogen-bond acceptors (Lipinski definition) is 3. The number of amides is 1. The summed E-state index contributed by atoms with van der Waals surface area (Å²) in [5.41, 5.74) is 2.35. The molecule has 5 nitrogen and oxygen atoms in total. The van der Waals surface area contributed by atoms with Crippen LogP contribution in [0.1, 0.15) is 36.3 Å². The van der Waals surface area contributed by atoms with Crippen LogP contribution in [-0.4, -0.2) is 41.2 Å². The Morgan fingerprint density at radius 2 is 2.13 bits per heavy atom. The molecule has 0 radical (unpaired) electrons. The maximum atomic E-state index is 12.3. The van der Waals surface area contributed by atoms with Crippen LogP contribution in [0.25, 0.3) is 0 Å². The Kier molecular flexibility index (Phi) is 4.95. The molecule has 1 saturated heterocycles. The number of aryl methyl sites for hydroxylation is 1. The summed E-state index contributed by atoms with van der Waals surface area (Å²) in [6.45, 7) is 1.65. The minimum atomic E-state index is 0.240. The van der Waals surface area contributed by atoms with Gasteiger partial charge in [-0.3, -0.25) is 9.89 Å². The molecule has 3 rings (SSSR count). The van der Waals surface area contributed by atoms with Gasteiger partial charge in [0.25, 0.3) is 0 Å². The molecule has 0 atom stereocenters. The number of aromatic amines is 1. The zero-order valence-electron chi connectivity index (χ0n) is 13.5. The molecular formula is C18H23N3O2. The van der Waals surface area contributed by atoms with Crippen LogP contribution in [0.2, 0.25) is 0 Å². The summed E-state index contributed by atoms with van der Waals surface area (Å²) in [6.07, 6.45) is 6.93. The molecule has 2 aromatic rings. The molecule has 1 aliphatic rings. The third kappa shape index (κ3) is 3.73. The average molecular weight is 313 g/mol. The predicted molar refractivity (Wildman–Crippen MR) is 88.5 cm³/mol. The molecule has 0 aliphatic carbocycles. The highest BCUT2D eigenvalue weighted by Crippen LogP contribution is 2.34. The number of methoxy groups -OCH3 is 1. The van der Waals surface area contributed by atoms with E-state index in [4.69, 9.17) is 4.74 Å². The van der Waals surface area contributed by atoms with Gasteiger partial charge in [-0.15, -0.1) is 0 Å². The lowest BCUT2D eigenvalue weighted by molar-refractivity contribution is -0.132. The fraction of sp³-hybridized carbons (Fsp3) is 0.444. The zero-order valence-corrected chi connectivity index (χ0v) is 13.5. The van der Waals surface area contributed by atoms with E-state index in [9.17, 15) is 4.79 Å². The SMILES string of the molecule is COc1ccccc1C1CCN(C(=O)CCc2cn[nH]c2)CC1. The standard InChI is InChI=1S/C18H23N3O2/c1-23-17-5-3-2-4-16(17)15-8-10-21(11-9-15)18(22)7-6-14-12-19-20-13-14/h2-5,12-13,15H,6-11H2,1H3,(H,19,20). The number of benzene rings is 1. The van der Waals surface area contributed by atoms with Crippen LogP contribution in [0.15, 0.2) is 36.7 Å². The van der Waals surface area contributed by atoms with Crippen molar-refractivity contribution in [3.8, 4) is 5.75 Å². The summed E-state index contributed by atoms with van der Waals surface area (Å²) in [5, 5.41) is 6.69. The highest BCUT2D eigenvalue weighted by molar-refractivity contribution is 5.76. The van der Waals surface area contributed by atoms with Gasteiger partial charge in [-0.25, -0.2) is 0 Å².